The number of aryl methyl sites for hydroxylation is 2. The molecule has 0 aromatic carbocycles. The highest BCUT2D eigenvalue weighted by molar-refractivity contribution is 6.08. The van der Waals surface area contributed by atoms with Gasteiger partial charge in [0.15, 0.2) is 11.4 Å². The summed E-state index contributed by atoms with van der Waals surface area (Å²) in [7, 11) is 0. The van der Waals surface area contributed by atoms with E-state index in [1.54, 1.807) is 29.3 Å². The van der Waals surface area contributed by atoms with Crippen LogP contribution in [0.3, 0.4) is 0 Å². The highest BCUT2D eigenvalue weighted by Gasteiger charge is 2.34. The van der Waals surface area contributed by atoms with Crippen LogP contribution >= 0.6 is 0 Å². The highest BCUT2D eigenvalue weighted by Crippen LogP contribution is 2.38. The molecule has 0 saturated carbocycles. The zero-order valence-corrected chi connectivity index (χ0v) is 18.9. The number of carbonyl (C=O) groups excluding carboxylic acids is 2. The SMILES string of the molecule is CCn1cc(NC(=O)c2noc3c2CC(C(C)(C)C)CC3)c(C(=O)NCc2ccco2)n1. The number of nitrogens with one attached hydrogen (secondary N) is 2. The molecule has 3 aromatic rings. The van der Waals surface area contributed by atoms with Crippen LogP contribution in [0, 0.1) is 11.3 Å². The molecule has 170 valence electrons. The number of aromatic nitrogens is 3. The number of amides is 2. The van der Waals surface area contributed by atoms with Gasteiger partial charge in [-0.25, -0.2) is 0 Å². The first-order valence-corrected chi connectivity index (χ1v) is 10.9. The van der Waals surface area contributed by atoms with Crippen molar-refractivity contribution >= 4 is 17.5 Å². The summed E-state index contributed by atoms with van der Waals surface area (Å²) >= 11 is 0. The lowest BCUT2D eigenvalue weighted by molar-refractivity contribution is 0.0943. The van der Waals surface area contributed by atoms with Gasteiger partial charge in [-0.3, -0.25) is 14.3 Å². The third kappa shape index (κ3) is 4.46. The van der Waals surface area contributed by atoms with E-state index in [0.29, 0.717) is 23.9 Å². The average Bonchev–Trinajstić information content (AvgIpc) is 3.50. The molecule has 0 spiro atoms. The van der Waals surface area contributed by atoms with Crippen LogP contribution in [-0.2, 0) is 25.9 Å². The Morgan fingerprint density at radius 2 is 2.06 bits per heavy atom. The van der Waals surface area contributed by atoms with Crippen molar-refractivity contribution in [3.05, 3.63) is 53.1 Å². The van der Waals surface area contributed by atoms with E-state index >= 15 is 0 Å². The molecule has 2 N–H and O–H groups in total. The summed E-state index contributed by atoms with van der Waals surface area (Å²) < 4.78 is 12.3. The maximum atomic E-state index is 13.1. The smallest absolute Gasteiger partial charge is 0.278 e. The van der Waals surface area contributed by atoms with Crippen LogP contribution in [0.4, 0.5) is 5.69 Å². The summed E-state index contributed by atoms with van der Waals surface area (Å²) in [5, 5.41) is 13.9. The number of nitrogens with zero attached hydrogens (tertiary/aromatic N) is 3. The monoisotopic (exact) mass is 439 g/mol. The third-order valence-electron chi connectivity index (χ3n) is 6.03. The zero-order valence-electron chi connectivity index (χ0n) is 18.9. The molecule has 0 saturated heterocycles. The van der Waals surface area contributed by atoms with E-state index in [1.165, 1.54) is 0 Å². The van der Waals surface area contributed by atoms with Crippen molar-refractivity contribution in [1.82, 2.24) is 20.3 Å². The van der Waals surface area contributed by atoms with Crippen LogP contribution in [0.2, 0.25) is 0 Å². The van der Waals surface area contributed by atoms with Gasteiger partial charge in [0, 0.05) is 24.7 Å². The van der Waals surface area contributed by atoms with Crippen molar-refractivity contribution in [2.75, 3.05) is 5.32 Å². The van der Waals surface area contributed by atoms with Crippen LogP contribution in [0.1, 0.15) is 72.2 Å². The normalized spacial score (nSPS) is 15.9. The van der Waals surface area contributed by atoms with Gasteiger partial charge in [-0.2, -0.15) is 5.10 Å². The van der Waals surface area contributed by atoms with E-state index < -0.39 is 11.8 Å². The first-order chi connectivity index (χ1) is 15.3. The fraction of sp³-hybridized carbons (Fsp3) is 0.478. The van der Waals surface area contributed by atoms with Gasteiger partial charge in [0.05, 0.1) is 18.5 Å². The molecule has 32 heavy (non-hydrogen) atoms. The topological polar surface area (TPSA) is 115 Å². The molecule has 1 unspecified atom stereocenters. The molecule has 3 aromatic heterocycles. The first-order valence-electron chi connectivity index (χ1n) is 10.9. The minimum atomic E-state index is -0.404. The maximum Gasteiger partial charge on any atom is 0.278 e. The van der Waals surface area contributed by atoms with Crippen molar-refractivity contribution in [1.29, 1.82) is 0 Å². The van der Waals surface area contributed by atoms with Crippen LogP contribution in [0.5, 0.6) is 0 Å². The van der Waals surface area contributed by atoms with Crippen LogP contribution in [0.25, 0.3) is 0 Å². The molecule has 2 amide bonds. The lowest BCUT2D eigenvalue weighted by atomic mass is 9.71. The highest BCUT2D eigenvalue weighted by atomic mass is 16.5. The van der Waals surface area contributed by atoms with E-state index in [4.69, 9.17) is 8.94 Å². The lowest BCUT2D eigenvalue weighted by Gasteiger charge is -2.33. The van der Waals surface area contributed by atoms with Gasteiger partial charge < -0.3 is 19.6 Å². The van der Waals surface area contributed by atoms with Gasteiger partial charge in [-0.05, 0) is 43.2 Å². The number of rotatable bonds is 6. The van der Waals surface area contributed by atoms with Crippen molar-refractivity contribution in [3.63, 3.8) is 0 Å². The average molecular weight is 440 g/mol. The fourth-order valence-electron chi connectivity index (χ4n) is 4.01. The largest absolute Gasteiger partial charge is 0.467 e. The first kappa shape index (κ1) is 21.9. The Morgan fingerprint density at radius 3 is 2.75 bits per heavy atom. The van der Waals surface area contributed by atoms with Crippen molar-refractivity contribution in [2.24, 2.45) is 11.3 Å². The van der Waals surface area contributed by atoms with Crippen molar-refractivity contribution < 1.29 is 18.5 Å². The summed E-state index contributed by atoms with van der Waals surface area (Å²) in [5.41, 5.74) is 1.73. The molecule has 4 rings (SSSR count). The number of hydrogen-bond acceptors (Lipinski definition) is 6. The molecule has 1 aliphatic rings. The van der Waals surface area contributed by atoms with Crippen molar-refractivity contribution in [2.45, 2.75) is 60.0 Å². The van der Waals surface area contributed by atoms with Gasteiger partial charge >= 0.3 is 0 Å². The molecule has 9 heteroatoms. The van der Waals surface area contributed by atoms with Crippen LogP contribution < -0.4 is 10.6 Å². The predicted octanol–water partition coefficient (Wildman–Crippen LogP) is 3.82. The van der Waals surface area contributed by atoms with Crippen LogP contribution in [0.15, 0.2) is 33.5 Å². The molecular formula is C23H29N5O4. The summed E-state index contributed by atoms with van der Waals surface area (Å²) in [4.78, 5) is 25.8. The Balaban J connectivity index is 1.52. The van der Waals surface area contributed by atoms with E-state index in [2.05, 4.69) is 41.7 Å². The minimum Gasteiger partial charge on any atom is -0.467 e. The number of furan rings is 1. The second-order valence-corrected chi connectivity index (χ2v) is 9.20. The minimum absolute atomic E-state index is 0.129. The number of hydrogen-bond donors (Lipinski definition) is 2. The summed E-state index contributed by atoms with van der Waals surface area (Å²) in [5.74, 6) is 1.03. The molecule has 0 aliphatic heterocycles. The van der Waals surface area contributed by atoms with Gasteiger partial charge in [-0.15, -0.1) is 0 Å². The molecular weight excluding hydrogens is 410 g/mol. The van der Waals surface area contributed by atoms with E-state index in [-0.39, 0.29) is 23.3 Å². The van der Waals surface area contributed by atoms with Gasteiger partial charge in [0.2, 0.25) is 0 Å². The summed E-state index contributed by atoms with van der Waals surface area (Å²) in [6.45, 7) is 9.32. The maximum absolute atomic E-state index is 13.1. The molecule has 0 fully saturated rings. The summed E-state index contributed by atoms with van der Waals surface area (Å²) in [6.07, 6.45) is 5.71. The van der Waals surface area contributed by atoms with E-state index in [1.807, 2.05) is 6.92 Å². The van der Waals surface area contributed by atoms with Gasteiger partial charge in [0.25, 0.3) is 11.8 Å². The number of anilines is 1. The molecule has 1 aliphatic carbocycles. The third-order valence-corrected chi connectivity index (χ3v) is 6.03. The van der Waals surface area contributed by atoms with Crippen LogP contribution in [-0.4, -0.2) is 26.8 Å². The zero-order chi connectivity index (χ0) is 22.9. The number of carbonyl (C=O) groups is 2. The second kappa shape index (κ2) is 8.64. The quantitative estimate of drug-likeness (QED) is 0.603. The standard InChI is InChI=1S/C23H29N5O4/c1-5-28-13-17(20(26-28)21(29)24-12-15-7-6-10-31-15)25-22(30)19-16-11-14(23(2,3)4)8-9-18(16)32-27-19/h6-7,10,13-14H,5,8-9,11-12H2,1-4H3,(H,24,29)(H,25,30). The molecule has 9 nitrogen and oxygen atoms in total. The van der Waals surface area contributed by atoms with Gasteiger partial charge in [-0.1, -0.05) is 25.9 Å². The molecule has 3 heterocycles. The molecule has 0 radical (unpaired) electrons. The van der Waals surface area contributed by atoms with E-state index in [0.717, 1.165) is 30.6 Å². The predicted molar refractivity (Wildman–Crippen MR) is 117 cm³/mol. The molecule has 1 atom stereocenters. The Labute approximate surface area is 186 Å². The van der Waals surface area contributed by atoms with E-state index in [9.17, 15) is 9.59 Å². The lowest BCUT2D eigenvalue weighted by Crippen LogP contribution is -2.28. The Morgan fingerprint density at radius 1 is 1.25 bits per heavy atom. The Kier molecular flexibility index (Phi) is 5.90. The number of fused-ring (bicyclic) bond motifs is 1. The Hall–Kier alpha value is -3.36. The molecule has 0 bridgehead atoms. The Bertz CT molecular complexity index is 1100. The van der Waals surface area contributed by atoms with Gasteiger partial charge in [0.1, 0.15) is 11.5 Å². The second-order valence-electron chi connectivity index (χ2n) is 9.20. The van der Waals surface area contributed by atoms with Crippen molar-refractivity contribution in [3.8, 4) is 0 Å². The summed E-state index contributed by atoms with van der Waals surface area (Å²) in [6, 6.07) is 3.52. The fourth-order valence-corrected chi connectivity index (χ4v) is 4.01.